The van der Waals surface area contributed by atoms with Crippen molar-refractivity contribution in [3.63, 3.8) is 0 Å². The molecule has 1 aromatic rings. The molecule has 7 heteroatoms. The van der Waals surface area contributed by atoms with Gasteiger partial charge in [0.25, 0.3) is 5.91 Å². The number of esters is 1. The van der Waals surface area contributed by atoms with Crippen molar-refractivity contribution in [1.82, 2.24) is 5.32 Å². The highest BCUT2D eigenvalue weighted by molar-refractivity contribution is 7.80. The van der Waals surface area contributed by atoms with Gasteiger partial charge in [-0.2, -0.15) is 0 Å². The van der Waals surface area contributed by atoms with Crippen molar-refractivity contribution < 1.29 is 14.3 Å². The Hall–Kier alpha value is -1.47. The number of nitrogens with one attached hydrogen (secondary N) is 1. The third kappa shape index (κ3) is 2.48. The maximum absolute atomic E-state index is 12.0. The van der Waals surface area contributed by atoms with E-state index >= 15 is 0 Å². The maximum atomic E-state index is 12.0. The van der Waals surface area contributed by atoms with E-state index in [1.165, 1.54) is 16.2 Å². The van der Waals surface area contributed by atoms with Crippen LogP contribution in [0.25, 0.3) is 0 Å². The maximum Gasteiger partial charge on any atom is 0.348 e. The van der Waals surface area contributed by atoms with Crippen LogP contribution in [0.2, 0.25) is 0 Å². The number of hydrogen-bond acceptors (Lipinski definition) is 5. The van der Waals surface area contributed by atoms with E-state index in [2.05, 4.69) is 5.32 Å². The van der Waals surface area contributed by atoms with Crippen molar-refractivity contribution in [2.45, 2.75) is 26.8 Å². The van der Waals surface area contributed by atoms with Crippen LogP contribution in [0.5, 0.6) is 0 Å². The summed E-state index contributed by atoms with van der Waals surface area (Å²) in [4.78, 5) is 25.7. The highest BCUT2D eigenvalue weighted by Gasteiger charge is 2.35. The van der Waals surface area contributed by atoms with Gasteiger partial charge in [-0.05, 0) is 44.6 Å². The second-order valence-corrected chi connectivity index (χ2v) is 5.58. The van der Waals surface area contributed by atoms with Crippen LogP contribution < -0.4 is 10.2 Å². The van der Waals surface area contributed by atoms with E-state index in [1.807, 2.05) is 6.92 Å². The van der Waals surface area contributed by atoms with Gasteiger partial charge in [0.15, 0.2) is 5.11 Å². The molecule has 0 aromatic carbocycles. The number of anilines is 1. The number of nitrogens with zero attached hydrogens (tertiary/aromatic N) is 1. The summed E-state index contributed by atoms with van der Waals surface area (Å²) in [5.74, 6) is -0.475. The zero-order valence-corrected chi connectivity index (χ0v) is 12.5. The van der Waals surface area contributed by atoms with E-state index in [0.717, 1.165) is 5.56 Å². The van der Waals surface area contributed by atoms with E-state index in [1.54, 1.807) is 19.9 Å². The van der Waals surface area contributed by atoms with Crippen molar-refractivity contribution >= 4 is 45.5 Å². The van der Waals surface area contributed by atoms with E-state index in [4.69, 9.17) is 17.0 Å². The molecule has 1 aromatic heterocycles. The molecule has 2 heterocycles. The zero-order valence-electron chi connectivity index (χ0n) is 10.9. The van der Waals surface area contributed by atoms with Gasteiger partial charge in [-0.15, -0.1) is 11.3 Å². The van der Waals surface area contributed by atoms with Crippen molar-refractivity contribution in [2.24, 2.45) is 0 Å². The first-order valence-corrected chi connectivity index (χ1v) is 7.10. The average molecular weight is 298 g/mol. The molecule has 0 aliphatic carbocycles. The Bertz CT molecular complexity index is 553. The lowest BCUT2D eigenvalue weighted by Gasteiger charge is -2.11. The lowest BCUT2D eigenvalue weighted by molar-refractivity contribution is -0.117. The largest absolute Gasteiger partial charge is 0.462 e. The molecule has 0 saturated carbocycles. The summed E-state index contributed by atoms with van der Waals surface area (Å²) in [6.45, 7) is 5.64. The van der Waals surface area contributed by atoms with E-state index in [-0.39, 0.29) is 17.9 Å². The second kappa shape index (κ2) is 5.26. The highest BCUT2D eigenvalue weighted by Crippen LogP contribution is 2.32. The van der Waals surface area contributed by atoms with Crippen molar-refractivity contribution in [1.29, 1.82) is 0 Å². The fraction of sp³-hybridized carbons (Fsp3) is 0.417. The van der Waals surface area contributed by atoms with Gasteiger partial charge in [-0.25, -0.2) is 9.69 Å². The average Bonchev–Trinajstić information content (AvgIpc) is 2.81. The number of thiophene rings is 1. The lowest BCUT2D eigenvalue weighted by Crippen LogP contribution is -2.29. The Kier molecular flexibility index (Phi) is 3.86. The molecule has 1 N–H and O–H groups in total. The molecule has 0 radical (unpaired) electrons. The zero-order chi connectivity index (χ0) is 14.2. The summed E-state index contributed by atoms with van der Waals surface area (Å²) in [6, 6.07) is 1.45. The molecule has 1 aliphatic rings. The molecule has 1 atom stereocenters. The molecule has 0 unspecified atom stereocenters. The number of rotatable bonds is 3. The molecule has 2 rings (SSSR count). The number of ether oxygens (including phenoxy) is 1. The topological polar surface area (TPSA) is 58.6 Å². The summed E-state index contributed by atoms with van der Waals surface area (Å²) in [7, 11) is 0. The van der Waals surface area contributed by atoms with Gasteiger partial charge in [0.05, 0.1) is 6.61 Å². The predicted molar refractivity (Wildman–Crippen MR) is 77.7 cm³/mol. The van der Waals surface area contributed by atoms with Crippen LogP contribution in [0.1, 0.15) is 29.1 Å². The fourth-order valence-corrected chi connectivity index (χ4v) is 3.29. The molecule has 1 fully saturated rings. The van der Waals surface area contributed by atoms with Gasteiger partial charge < -0.3 is 10.1 Å². The first kappa shape index (κ1) is 14.0. The minimum absolute atomic E-state index is 0.110. The molecular weight excluding hydrogens is 284 g/mol. The van der Waals surface area contributed by atoms with Gasteiger partial charge in [0, 0.05) is 0 Å². The molecule has 1 saturated heterocycles. The van der Waals surface area contributed by atoms with Crippen LogP contribution in [-0.4, -0.2) is 29.6 Å². The third-order valence-electron chi connectivity index (χ3n) is 2.72. The number of aryl methyl sites for hydroxylation is 1. The molecule has 0 bridgehead atoms. The van der Waals surface area contributed by atoms with E-state index < -0.39 is 0 Å². The Labute approximate surface area is 120 Å². The second-order valence-electron chi connectivity index (χ2n) is 4.16. The Morgan fingerprint density at radius 3 is 2.84 bits per heavy atom. The van der Waals surface area contributed by atoms with Crippen LogP contribution in [0, 0.1) is 6.92 Å². The number of thiocarbonyl (C=S) groups is 1. The summed E-state index contributed by atoms with van der Waals surface area (Å²) in [5, 5.41) is 3.91. The number of amides is 1. The standard InChI is InChI=1S/C12H14N2O3S2/c1-4-17-11(16)9-6(2)5-8(19-9)14-10(15)7(3)13-12(14)18/h5,7H,4H2,1-3H3,(H,13,18)/t7-/m1/s1. The summed E-state index contributed by atoms with van der Waals surface area (Å²) in [5.41, 5.74) is 0.786. The predicted octanol–water partition coefficient (Wildman–Crippen LogP) is 1.84. The van der Waals surface area contributed by atoms with E-state index in [0.29, 0.717) is 21.6 Å². The fourth-order valence-electron chi connectivity index (χ4n) is 1.79. The first-order chi connectivity index (χ1) is 8.95. The molecule has 0 spiro atoms. The molecule has 1 aliphatic heterocycles. The number of carbonyl (C=O) groups is 2. The van der Waals surface area contributed by atoms with Crippen LogP contribution in [-0.2, 0) is 9.53 Å². The highest BCUT2D eigenvalue weighted by atomic mass is 32.1. The summed E-state index contributed by atoms with van der Waals surface area (Å²) in [6.07, 6.45) is 0. The Balaban J connectivity index is 2.32. The smallest absolute Gasteiger partial charge is 0.348 e. The van der Waals surface area contributed by atoms with Crippen LogP contribution >= 0.6 is 23.6 Å². The molecule has 102 valence electrons. The summed E-state index contributed by atoms with van der Waals surface area (Å²) >= 11 is 6.35. The minimum Gasteiger partial charge on any atom is -0.462 e. The van der Waals surface area contributed by atoms with Gasteiger partial charge in [-0.3, -0.25) is 4.79 Å². The van der Waals surface area contributed by atoms with Gasteiger partial charge in [0.2, 0.25) is 0 Å². The van der Waals surface area contributed by atoms with Crippen LogP contribution in [0.15, 0.2) is 6.07 Å². The van der Waals surface area contributed by atoms with Crippen LogP contribution in [0.4, 0.5) is 5.00 Å². The number of hydrogen-bond donors (Lipinski definition) is 1. The Morgan fingerprint density at radius 2 is 2.32 bits per heavy atom. The van der Waals surface area contributed by atoms with Crippen molar-refractivity contribution in [3.05, 3.63) is 16.5 Å². The summed E-state index contributed by atoms with van der Waals surface area (Å²) < 4.78 is 4.98. The molecule has 1 amide bonds. The normalized spacial score (nSPS) is 18.7. The lowest BCUT2D eigenvalue weighted by atomic mass is 10.3. The van der Waals surface area contributed by atoms with E-state index in [9.17, 15) is 9.59 Å². The van der Waals surface area contributed by atoms with Gasteiger partial charge in [0.1, 0.15) is 15.9 Å². The monoisotopic (exact) mass is 298 g/mol. The molecule has 5 nitrogen and oxygen atoms in total. The third-order valence-corrected chi connectivity index (χ3v) is 4.22. The minimum atomic E-state index is -0.366. The van der Waals surface area contributed by atoms with Gasteiger partial charge in [-0.1, -0.05) is 0 Å². The van der Waals surface area contributed by atoms with Gasteiger partial charge >= 0.3 is 5.97 Å². The van der Waals surface area contributed by atoms with Crippen molar-refractivity contribution in [2.75, 3.05) is 11.5 Å². The quantitative estimate of drug-likeness (QED) is 0.681. The SMILES string of the molecule is CCOC(=O)c1sc(N2C(=O)[C@@H](C)NC2=S)cc1C. The first-order valence-electron chi connectivity index (χ1n) is 5.87. The van der Waals surface area contributed by atoms with Crippen molar-refractivity contribution in [3.8, 4) is 0 Å². The molecule has 19 heavy (non-hydrogen) atoms. The molecular formula is C12H14N2O3S2. The number of carbonyl (C=O) groups excluding carboxylic acids is 2. The van der Waals surface area contributed by atoms with Crippen LogP contribution in [0.3, 0.4) is 0 Å². The Morgan fingerprint density at radius 1 is 1.63 bits per heavy atom.